The first-order valence-corrected chi connectivity index (χ1v) is 8.93. The van der Waals surface area contributed by atoms with E-state index in [0.29, 0.717) is 6.61 Å². The van der Waals surface area contributed by atoms with Crippen molar-refractivity contribution in [1.29, 1.82) is 0 Å². The maximum Gasteiger partial charge on any atom is 0.127 e. The molecule has 3 rings (SSSR count). The topological polar surface area (TPSA) is 9.23 Å². The fourth-order valence-corrected chi connectivity index (χ4v) is 3.52. The summed E-state index contributed by atoms with van der Waals surface area (Å²) in [5.74, 6) is 0.988. The Morgan fingerprint density at radius 3 is 2.46 bits per heavy atom. The molecule has 0 atom stereocenters. The van der Waals surface area contributed by atoms with Gasteiger partial charge in [0.2, 0.25) is 0 Å². The van der Waals surface area contributed by atoms with Crippen molar-refractivity contribution in [3.63, 3.8) is 0 Å². The molecule has 126 valence electrons. The Labute approximate surface area is 146 Å². The minimum absolute atomic E-state index is 0.641. The summed E-state index contributed by atoms with van der Waals surface area (Å²) in [6.07, 6.45) is 4.70. The second-order valence-corrected chi connectivity index (χ2v) is 7.23. The largest absolute Gasteiger partial charge is 0.488 e. The molecule has 0 radical (unpaired) electrons. The molecular formula is C22H28NO+. The van der Waals surface area contributed by atoms with E-state index < -0.39 is 0 Å². The van der Waals surface area contributed by atoms with Gasteiger partial charge in [-0.3, -0.25) is 0 Å². The summed E-state index contributed by atoms with van der Waals surface area (Å²) in [4.78, 5) is 0. The minimum Gasteiger partial charge on any atom is -0.488 e. The van der Waals surface area contributed by atoms with Gasteiger partial charge in [-0.1, -0.05) is 55.5 Å². The van der Waals surface area contributed by atoms with Gasteiger partial charge in [0.15, 0.2) is 0 Å². The number of hydrogen-bond donors (Lipinski definition) is 0. The summed E-state index contributed by atoms with van der Waals surface area (Å²) in [7, 11) is 4.64. The zero-order valence-electron chi connectivity index (χ0n) is 15.1. The van der Waals surface area contributed by atoms with E-state index in [4.69, 9.17) is 4.74 Å². The average Bonchev–Trinajstić information content (AvgIpc) is 2.73. The van der Waals surface area contributed by atoms with E-state index in [1.807, 2.05) is 6.07 Å². The van der Waals surface area contributed by atoms with Crippen LogP contribution < -0.4 is 4.74 Å². The van der Waals surface area contributed by atoms with Crippen LogP contribution in [0.2, 0.25) is 0 Å². The number of para-hydroxylation sites is 1. The Balaban J connectivity index is 1.95. The first-order chi connectivity index (χ1) is 11.6. The highest BCUT2D eigenvalue weighted by Gasteiger charge is 2.19. The van der Waals surface area contributed by atoms with E-state index >= 15 is 0 Å². The van der Waals surface area contributed by atoms with Gasteiger partial charge < -0.3 is 9.22 Å². The maximum atomic E-state index is 6.05. The molecule has 1 heterocycles. The van der Waals surface area contributed by atoms with Gasteiger partial charge in [0.05, 0.1) is 27.2 Å². The molecule has 1 aliphatic rings. The molecular weight excluding hydrogens is 294 g/mol. The molecule has 2 nitrogen and oxygen atoms in total. The zero-order chi connectivity index (χ0) is 17.0. The molecule has 0 unspecified atom stereocenters. The highest BCUT2D eigenvalue weighted by Crippen LogP contribution is 2.36. The molecule has 0 aliphatic carbocycles. The fraction of sp³-hybridized carbons (Fsp3) is 0.364. The molecule has 0 amide bonds. The third-order valence-corrected chi connectivity index (χ3v) is 4.78. The molecule has 0 spiro atoms. The van der Waals surface area contributed by atoms with E-state index in [9.17, 15) is 0 Å². The van der Waals surface area contributed by atoms with E-state index in [1.54, 1.807) is 0 Å². The van der Waals surface area contributed by atoms with Gasteiger partial charge in [-0.25, -0.2) is 0 Å². The van der Waals surface area contributed by atoms with E-state index in [0.717, 1.165) is 23.2 Å². The second-order valence-electron chi connectivity index (χ2n) is 7.23. The third-order valence-electron chi connectivity index (χ3n) is 4.78. The Morgan fingerprint density at radius 2 is 1.67 bits per heavy atom. The number of hydrogen-bond acceptors (Lipinski definition) is 1. The van der Waals surface area contributed by atoms with Gasteiger partial charge in [-0.15, -0.1) is 0 Å². The van der Waals surface area contributed by atoms with Crippen molar-refractivity contribution >= 4 is 5.57 Å². The van der Waals surface area contributed by atoms with Crippen LogP contribution in [0.1, 0.15) is 36.5 Å². The number of rotatable bonds is 5. The van der Waals surface area contributed by atoms with Gasteiger partial charge in [0.25, 0.3) is 0 Å². The third kappa shape index (κ3) is 3.70. The second kappa shape index (κ2) is 7.23. The molecule has 0 fully saturated rings. The molecule has 2 heteroatoms. The van der Waals surface area contributed by atoms with Gasteiger partial charge >= 0.3 is 0 Å². The summed E-state index contributed by atoms with van der Waals surface area (Å²) in [6, 6.07) is 17.0. The molecule has 2 aromatic rings. The van der Waals surface area contributed by atoms with Crippen molar-refractivity contribution in [2.45, 2.75) is 26.4 Å². The van der Waals surface area contributed by atoms with Gasteiger partial charge in [0.1, 0.15) is 12.4 Å². The highest BCUT2D eigenvalue weighted by molar-refractivity contribution is 5.84. The molecule has 0 saturated carbocycles. The first kappa shape index (κ1) is 16.8. The predicted octanol–water partition coefficient (Wildman–Crippen LogP) is 4.89. The van der Waals surface area contributed by atoms with Crippen molar-refractivity contribution < 1.29 is 9.22 Å². The van der Waals surface area contributed by atoms with Crippen LogP contribution in [0.4, 0.5) is 0 Å². The molecule has 24 heavy (non-hydrogen) atoms. The van der Waals surface area contributed by atoms with E-state index in [1.165, 1.54) is 35.2 Å². The van der Waals surface area contributed by atoms with Crippen LogP contribution in [-0.2, 0) is 6.61 Å². The molecule has 0 saturated heterocycles. The number of ether oxygens (including phenoxy) is 1. The van der Waals surface area contributed by atoms with Crippen LogP contribution in [0.25, 0.3) is 5.57 Å². The van der Waals surface area contributed by atoms with Crippen molar-refractivity contribution in [3.8, 4) is 5.75 Å². The van der Waals surface area contributed by atoms with Gasteiger partial charge in [0, 0.05) is 12.0 Å². The lowest BCUT2D eigenvalue weighted by atomic mass is 9.93. The Bertz CT molecular complexity index is 681. The highest BCUT2D eigenvalue weighted by atomic mass is 16.5. The van der Waals surface area contributed by atoms with Crippen molar-refractivity contribution in [3.05, 3.63) is 71.3 Å². The van der Waals surface area contributed by atoms with Crippen LogP contribution in [0.15, 0.2) is 54.6 Å². The van der Waals surface area contributed by atoms with Crippen LogP contribution in [0, 0.1) is 0 Å². The normalized spacial score (nSPS) is 15.4. The zero-order valence-corrected chi connectivity index (χ0v) is 15.1. The van der Waals surface area contributed by atoms with Crippen molar-refractivity contribution in [1.82, 2.24) is 0 Å². The van der Waals surface area contributed by atoms with E-state index in [2.05, 4.69) is 69.6 Å². The lowest BCUT2D eigenvalue weighted by Gasteiger charge is -2.29. The number of fused-ring (bicyclic) bond motifs is 2. The predicted molar refractivity (Wildman–Crippen MR) is 101 cm³/mol. The van der Waals surface area contributed by atoms with Crippen LogP contribution in [0.5, 0.6) is 5.75 Å². The number of benzene rings is 2. The smallest absolute Gasteiger partial charge is 0.127 e. The summed E-state index contributed by atoms with van der Waals surface area (Å²) >= 11 is 0. The van der Waals surface area contributed by atoms with Gasteiger partial charge in [-0.05, 0) is 29.2 Å². The Kier molecular flexibility index (Phi) is 5.06. The van der Waals surface area contributed by atoms with Crippen molar-refractivity contribution in [2.24, 2.45) is 0 Å². The molecule has 0 bridgehead atoms. The SMILES string of the molecule is CCC[N+](C)(C)CCC=C1c2ccccc2COc2ccccc21. The Morgan fingerprint density at radius 1 is 0.958 bits per heavy atom. The quantitative estimate of drug-likeness (QED) is 0.712. The summed E-state index contributed by atoms with van der Waals surface area (Å²) < 4.78 is 7.12. The van der Waals surface area contributed by atoms with Crippen LogP contribution in [-0.4, -0.2) is 31.7 Å². The lowest BCUT2D eigenvalue weighted by Crippen LogP contribution is -2.40. The minimum atomic E-state index is 0.641. The van der Waals surface area contributed by atoms with Crippen LogP contribution >= 0.6 is 0 Å². The molecule has 1 aliphatic heterocycles. The lowest BCUT2D eigenvalue weighted by molar-refractivity contribution is -0.889. The van der Waals surface area contributed by atoms with E-state index in [-0.39, 0.29) is 0 Å². The number of nitrogens with zero attached hydrogens (tertiary/aromatic N) is 1. The van der Waals surface area contributed by atoms with Crippen LogP contribution in [0.3, 0.4) is 0 Å². The van der Waals surface area contributed by atoms with Crippen molar-refractivity contribution in [2.75, 3.05) is 27.2 Å². The Hall–Kier alpha value is -2.06. The standard InChI is InChI=1S/C22H28NO/c1-4-15-23(2,3)16-9-13-20-19-11-6-5-10-18(19)17-24-22-14-8-7-12-21(20)22/h5-8,10-14H,4,9,15-17H2,1-3H3/q+1. The summed E-state index contributed by atoms with van der Waals surface area (Å²) in [5, 5.41) is 0. The monoisotopic (exact) mass is 322 g/mol. The number of quaternary nitrogens is 1. The summed E-state index contributed by atoms with van der Waals surface area (Å²) in [5.41, 5.74) is 5.10. The van der Waals surface area contributed by atoms with Gasteiger partial charge in [-0.2, -0.15) is 0 Å². The molecule has 0 N–H and O–H groups in total. The average molecular weight is 322 g/mol. The maximum absolute atomic E-state index is 6.05. The molecule has 2 aromatic carbocycles. The summed E-state index contributed by atoms with van der Waals surface area (Å²) in [6.45, 7) is 5.28. The molecule has 0 aromatic heterocycles. The fourth-order valence-electron chi connectivity index (χ4n) is 3.52. The first-order valence-electron chi connectivity index (χ1n) is 8.93.